The monoisotopic (exact) mass is 343 g/mol. The van der Waals surface area contributed by atoms with E-state index in [4.69, 9.17) is 0 Å². The molecule has 1 unspecified atom stereocenters. The highest BCUT2D eigenvalue weighted by molar-refractivity contribution is 5.77. The smallest absolute Gasteiger partial charge is 0.258 e. The highest BCUT2D eigenvalue weighted by Gasteiger charge is 2.09. The van der Waals surface area contributed by atoms with E-state index < -0.39 is 0 Å². The second-order valence-electron chi connectivity index (χ2n) is 6.60. The van der Waals surface area contributed by atoms with E-state index in [1.165, 1.54) is 19.3 Å². The Morgan fingerprint density at radius 1 is 1.24 bits per heavy atom. The molecule has 1 aromatic heterocycles. The minimum Gasteiger partial charge on any atom is -0.356 e. The molecule has 5 nitrogen and oxygen atoms in total. The molecule has 1 amide bonds. The molecule has 0 bridgehead atoms. The topological polar surface area (TPSA) is 74.8 Å². The third-order valence-corrected chi connectivity index (χ3v) is 4.61. The number of hydrogen-bond acceptors (Lipinski definition) is 3. The van der Waals surface area contributed by atoms with Crippen molar-refractivity contribution in [1.29, 1.82) is 0 Å². The molecular weight excluding hydrogens is 314 g/mol. The molecule has 0 saturated heterocycles. The number of amides is 1. The largest absolute Gasteiger partial charge is 0.356 e. The first kappa shape index (κ1) is 19.2. The van der Waals surface area contributed by atoms with Gasteiger partial charge in [-0.25, -0.2) is 4.98 Å². The van der Waals surface area contributed by atoms with Crippen molar-refractivity contribution in [2.75, 3.05) is 6.54 Å². The molecule has 5 heteroatoms. The van der Waals surface area contributed by atoms with E-state index in [0.717, 1.165) is 13.0 Å². The summed E-state index contributed by atoms with van der Waals surface area (Å²) in [5.74, 6) is 1.30. The number of rotatable bonds is 10. The number of nitrogens with zero attached hydrogens (tertiary/aromatic N) is 1. The summed E-state index contributed by atoms with van der Waals surface area (Å²) in [4.78, 5) is 31.3. The number of fused-ring (bicyclic) bond motifs is 1. The van der Waals surface area contributed by atoms with E-state index in [1.54, 1.807) is 6.07 Å². The van der Waals surface area contributed by atoms with Gasteiger partial charge in [-0.05, 0) is 30.9 Å². The van der Waals surface area contributed by atoms with Crippen LogP contribution in [0.3, 0.4) is 0 Å². The lowest BCUT2D eigenvalue weighted by Gasteiger charge is -2.15. The Labute approximate surface area is 149 Å². The summed E-state index contributed by atoms with van der Waals surface area (Å²) < 4.78 is 0. The van der Waals surface area contributed by atoms with Gasteiger partial charge in [0.2, 0.25) is 5.91 Å². The highest BCUT2D eigenvalue weighted by atomic mass is 16.1. The maximum atomic E-state index is 12.0. The first-order valence-electron chi connectivity index (χ1n) is 9.38. The maximum absolute atomic E-state index is 12.0. The van der Waals surface area contributed by atoms with Crippen LogP contribution in [-0.2, 0) is 11.2 Å². The summed E-state index contributed by atoms with van der Waals surface area (Å²) in [5.41, 5.74) is 0.583. The Balaban J connectivity index is 1.78. The molecule has 0 aliphatic rings. The van der Waals surface area contributed by atoms with Crippen LogP contribution in [0.2, 0.25) is 0 Å². The number of para-hydroxylation sites is 1. The predicted molar refractivity (Wildman–Crippen MR) is 102 cm³/mol. The van der Waals surface area contributed by atoms with Gasteiger partial charge in [0.1, 0.15) is 5.82 Å². The number of aromatic amines is 1. The van der Waals surface area contributed by atoms with Crippen LogP contribution in [0.25, 0.3) is 10.9 Å². The highest BCUT2D eigenvalue weighted by Crippen LogP contribution is 2.11. The molecule has 25 heavy (non-hydrogen) atoms. The molecule has 2 N–H and O–H groups in total. The van der Waals surface area contributed by atoms with Gasteiger partial charge in [-0.3, -0.25) is 9.59 Å². The zero-order chi connectivity index (χ0) is 18.1. The third kappa shape index (κ3) is 6.00. The van der Waals surface area contributed by atoms with E-state index in [-0.39, 0.29) is 11.5 Å². The molecule has 0 radical (unpaired) electrons. The number of aryl methyl sites for hydroxylation is 1. The number of aromatic nitrogens is 2. The Morgan fingerprint density at radius 3 is 2.80 bits per heavy atom. The molecule has 1 aromatic carbocycles. The summed E-state index contributed by atoms with van der Waals surface area (Å²) in [7, 11) is 0. The van der Waals surface area contributed by atoms with Crippen molar-refractivity contribution >= 4 is 16.8 Å². The number of unbranched alkanes of at least 4 members (excludes halogenated alkanes) is 1. The fourth-order valence-electron chi connectivity index (χ4n) is 2.96. The van der Waals surface area contributed by atoms with E-state index in [2.05, 4.69) is 29.1 Å². The first-order chi connectivity index (χ1) is 12.1. The maximum Gasteiger partial charge on any atom is 0.258 e. The molecule has 0 saturated carbocycles. The lowest BCUT2D eigenvalue weighted by molar-refractivity contribution is -0.121. The number of carbonyl (C=O) groups excluding carboxylic acids is 1. The molecule has 1 atom stereocenters. The van der Waals surface area contributed by atoms with Gasteiger partial charge < -0.3 is 10.3 Å². The normalized spacial score (nSPS) is 12.2. The summed E-state index contributed by atoms with van der Waals surface area (Å²) in [6.07, 6.45) is 6.43. The second kappa shape index (κ2) is 9.97. The van der Waals surface area contributed by atoms with Gasteiger partial charge in [0.15, 0.2) is 0 Å². The zero-order valence-electron chi connectivity index (χ0n) is 15.3. The van der Waals surface area contributed by atoms with E-state index in [0.29, 0.717) is 41.9 Å². The lowest BCUT2D eigenvalue weighted by atomic mass is 9.99. The summed E-state index contributed by atoms with van der Waals surface area (Å²) in [6, 6.07) is 7.30. The van der Waals surface area contributed by atoms with Crippen molar-refractivity contribution in [3.8, 4) is 0 Å². The number of hydrogen-bond donors (Lipinski definition) is 2. The molecule has 2 rings (SSSR count). The standard InChI is InChI=1S/C20H29N3O2/c1-3-5-9-15(4-2)14-21-19(24)13-8-12-18-22-17-11-7-6-10-16(17)20(25)23-18/h6-7,10-11,15H,3-5,8-9,12-14H2,1-2H3,(H,21,24)(H,22,23,25). The van der Waals surface area contributed by atoms with Crippen molar-refractivity contribution in [1.82, 2.24) is 15.3 Å². The van der Waals surface area contributed by atoms with Crippen molar-refractivity contribution in [3.63, 3.8) is 0 Å². The Bertz CT molecular complexity index is 739. The first-order valence-corrected chi connectivity index (χ1v) is 9.38. The summed E-state index contributed by atoms with van der Waals surface area (Å²) >= 11 is 0. The Hall–Kier alpha value is -2.17. The quantitative estimate of drug-likeness (QED) is 0.692. The predicted octanol–water partition coefficient (Wildman–Crippen LogP) is 3.58. The van der Waals surface area contributed by atoms with Crippen LogP contribution in [0.5, 0.6) is 0 Å². The Morgan fingerprint density at radius 2 is 2.04 bits per heavy atom. The van der Waals surface area contributed by atoms with E-state index in [1.807, 2.05) is 18.2 Å². The molecule has 0 fully saturated rings. The molecular formula is C20H29N3O2. The van der Waals surface area contributed by atoms with Crippen LogP contribution in [-0.4, -0.2) is 22.4 Å². The minimum absolute atomic E-state index is 0.0816. The van der Waals surface area contributed by atoms with Crippen LogP contribution < -0.4 is 10.9 Å². The fourth-order valence-corrected chi connectivity index (χ4v) is 2.96. The molecule has 0 spiro atoms. The molecule has 0 aliphatic carbocycles. The van der Waals surface area contributed by atoms with Gasteiger partial charge in [0.25, 0.3) is 5.56 Å². The van der Waals surface area contributed by atoms with Crippen molar-refractivity contribution in [2.45, 2.75) is 58.8 Å². The molecule has 1 heterocycles. The van der Waals surface area contributed by atoms with Crippen LogP contribution in [0.1, 0.15) is 58.2 Å². The van der Waals surface area contributed by atoms with Gasteiger partial charge >= 0.3 is 0 Å². The van der Waals surface area contributed by atoms with Crippen molar-refractivity contribution < 1.29 is 4.79 Å². The van der Waals surface area contributed by atoms with E-state index in [9.17, 15) is 9.59 Å². The number of nitrogens with one attached hydrogen (secondary N) is 2. The minimum atomic E-state index is -0.119. The summed E-state index contributed by atoms with van der Waals surface area (Å²) in [6.45, 7) is 5.13. The molecule has 2 aromatic rings. The zero-order valence-corrected chi connectivity index (χ0v) is 15.3. The average Bonchev–Trinajstić information content (AvgIpc) is 2.62. The number of H-pyrrole nitrogens is 1. The third-order valence-electron chi connectivity index (χ3n) is 4.61. The Kier molecular flexibility index (Phi) is 7.64. The van der Waals surface area contributed by atoms with Crippen LogP contribution in [0.4, 0.5) is 0 Å². The summed E-state index contributed by atoms with van der Waals surface area (Å²) in [5, 5.41) is 3.64. The van der Waals surface area contributed by atoms with Gasteiger partial charge in [-0.1, -0.05) is 45.2 Å². The number of carbonyl (C=O) groups is 1. The van der Waals surface area contributed by atoms with Crippen LogP contribution >= 0.6 is 0 Å². The van der Waals surface area contributed by atoms with Gasteiger partial charge in [0, 0.05) is 19.4 Å². The molecule has 136 valence electrons. The molecule has 0 aliphatic heterocycles. The lowest BCUT2D eigenvalue weighted by Crippen LogP contribution is -2.29. The SMILES string of the molecule is CCCCC(CC)CNC(=O)CCCc1nc2ccccc2c(=O)[nH]1. The number of benzene rings is 1. The van der Waals surface area contributed by atoms with Gasteiger partial charge in [-0.2, -0.15) is 0 Å². The van der Waals surface area contributed by atoms with Gasteiger partial charge in [0.05, 0.1) is 10.9 Å². The average molecular weight is 343 g/mol. The van der Waals surface area contributed by atoms with Crippen molar-refractivity contribution in [3.05, 3.63) is 40.4 Å². The van der Waals surface area contributed by atoms with Gasteiger partial charge in [-0.15, -0.1) is 0 Å². The van der Waals surface area contributed by atoms with Crippen LogP contribution in [0, 0.1) is 5.92 Å². The van der Waals surface area contributed by atoms with Crippen LogP contribution in [0.15, 0.2) is 29.1 Å². The van der Waals surface area contributed by atoms with E-state index >= 15 is 0 Å². The second-order valence-corrected chi connectivity index (χ2v) is 6.60. The van der Waals surface area contributed by atoms with Crippen molar-refractivity contribution in [2.24, 2.45) is 5.92 Å². The fraction of sp³-hybridized carbons (Fsp3) is 0.550.